The molecule has 4 heteroatoms. The average molecular weight is 338 g/mol. The Kier molecular flexibility index (Phi) is 5.94. The topological polar surface area (TPSA) is 41.6 Å². The van der Waals surface area contributed by atoms with Gasteiger partial charge in [0.2, 0.25) is 5.91 Å². The molecule has 0 aliphatic carbocycles. The zero-order valence-electron chi connectivity index (χ0n) is 14.8. The number of ether oxygens (including phenoxy) is 1. The summed E-state index contributed by atoms with van der Waals surface area (Å²) in [4.78, 5) is 14.6. The van der Waals surface area contributed by atoms with E-state index in [2.05, 4.69) is 34.5 Å². The van der Waals surface area contributed by atoms with Gasteiger partial charge in [0.1, 0.15) is 5.75 Å². The molecule has 2 aromatic carbocycles. The third-order valence-electron chi connectivity index (χ3n) is 4.80. The number of amides is 1. The fraction of sp³-hybridized carbons (Fsp3) is 0.381. The number of para-hydroxylation sites is 1. The van der Waals surface area contributed by atoms with Crippen molar-refractivity contribution in [3.05, 3.63) is 60.2 Å². The highest BCUT2D eigenvalue weighted by Crippen LogP contribution is 2.24. The van der Waals surface area contributed by atoms with Crippen LogP contribution in [0.1, 0.15) is 24.8 Å². The van der Waals surface area contributed by atoms with Gasteiger partial charge in [-0.25, -0.2) is 0 Å². The van der Waals surface area contributed by atoms with E-state index in [4.69, 9.17) is 4.74 Å². The van der Waals surface area contributed by atoms with E-state index in [0.717, 1.165) is 37.2 Å². The molecule has 0 saturated carbocycles. The van der Waals surface area contributed by atoms with Gasteiger partial charge in [0.05, 0.1) is 7.11 Å². The summed E-state index contributed by atoms with van der Waals surface area (Å²) in [5, 5.41) is 3.11. The van der Waals surface area contributed by atoms with Crippen LogP contribution in [0.3, 0.4) is 0 Å². The molecule has 1 fully saturated rings. The summed E-state index contributed by atoms with van der Waals surface area (Å²) >= 11 is 0. The predicted molar refractivity (Wildman–Crippen MR) is 101 cm³/mol. The van der Waals surface area contributed by atoms with Crippen molar-refractivity contribution in [2.75, 3.05) is 25.1 Å². The Balaban J connectivity index is 1.45. The van der Waals surface area contributed by atoms with Crippen LogP contribution in [0, 0.1) is 0 Å². The zero-order chi connectivity index (χ0) is 17.5. The highest BCUT2D eigenvalue weighted by Gasteiger charge is 2.24. The van der Waals surface area contributed by atoms with E-state index in [9.17, 15) is 4.79 Å². The number of hydrogen-bond donors (Lipinski definition) is 1. The van der Waals surface area contributed by atoms with Crippen molar-refractivity contribution >= 4 is 11.6 Å². The van der Waals surface area contributed by atoms with Gasteiger partial charge in [-0.1, -0.05) is 30.3 Å². The summed E-state index contributed by atoms with van der Waals surface area (Å²) in [7, 11) is 1.66. The number of nitrogens with zero attached hydrogens (tertiary/aromatic N) is 1. The first-order chi connectivity index (χ1) is 12.3. The third-order valence-corrected chi connectivity index (χ3v) is 4.80. The number of carbonyl (C=O) groups is 1. The maximum Gasteiger partial charge on any atom is 0.220 e. The number of anilines is 1. The van der Waals surface area contributed by atoms with E-state index < -0.39 is 0 Å². The maximum atomic E-state index is 12.2. The van der Waals surface area contributed by atoms with Crippen molar-refractivity contribution in [3.8, 4) is 5.75 Å². The van der Waals surface area contributed by atoms with E-state index >= 15 is 0 Å². The highest BCUT2D eigenvalue weighted by molar-refractivity contribution is 5.76. The second kappa shape index (κ2) is 8.56. The number of carbonyl (C=O) groups excluding carboxylic acids is 1. The third kappa shape index (κ3) is 4.75. The molecule has 0 aromatic heterocycles. The Morgan fingerprint density at radius 2 is 1.92 bits per heavy atom. The molecule has 0 bridgehead atoms. The summed E-state index contributed by atoms with van der Waals surface area (Å²) in [5.74, 6) is 0.964. The Morgan fingerprint density at radius 3 is 2.64 bits per heavy atom. The van der Waals surface area contributed by atoms with E-state index in [0.29, 0.717) is 12.5 Å². The molecule has 1 N–H and O–H groups in total. The van der Waals surface area contributed by atoms with Crippen LogP contribution in [-0.4, -0.2) is 32.1 Å². The van der Waals surface area contributed by atoms with Gasteiger partial charge in [-0.05, 0) is 49.1 Å². The van der Waals surface area contributed by atoms with Gasteiger partial charge in [0.15, 0.2) is 0 Å². The molecular formula is C21H26N2O2. The van der Waals surface area contributed by atoms with Crippen LogP contribution in [0.5, 0.6) is 5.75 Å². The molecule has 0 spiro atoms. The van der Waals surface area contributed by atoms with Crippen LogP contribution >= 0.6 is 0 Å². The molecule has 1 saturated heterocycles. The van der Waals surface area contributed by atoms with Gasteiger partial charge < -0.3 is 15.0 Å². The van der Waals surface area contributed by atoms with Crippen LogP contribution in [0.4, 0.5) is 5.69 Å². The Morgan fingerprint density at radius 1 is 1.16 bits per heavy atom. The summed E-state index contributed by atoms with van der Waals surface area (Å²) in [6.45, 7) is 1.78. The highest BCUT2D eigenvalue weighted by atomic mass is 16.5. The van der Waals surface area contributed by atoms with E-state index in [1.54, 1.807) is 7.11 Å². The van der Waals surface area contributed by atoms with E-state index in [1.807, 2.05) is 30.3 Å². The molecule has 0 unspecified atom stereocenters. The molecule has 0 radical (unpaired) electrons. The summed E-state index contributed by atoms with van der Waals surface area (Å²) < 4.78 is 5.15. The van der Waals surface area contributed by atoms with Gasteiger partial charge in [-0.3, -0.25) is 4.79 Å². The average Bonchev–Trinajstić information content (AvgIpc) is 3.14. The second-order valence-electron chi connectivity index (χ2n) is 6.48. The van der Waals surface area contributed by atoms with Crippen molar-refractivity contribution in [2.45, 2.75) is 31.7 Å². The monoisotopic (exact) mass is 338 g/mol. The van der Waals surface area contributed by atoms with Crippen LogP contribution < -0.4 is 15.0 Å². The Hall–Kier alpha value is -2.49. The van der Waals surface area contributed by atoms with Crippen LogP contribution in [-0.2, 0) is 11.2 Å². The van der Waals surface area contributed by atoms with E-state index in [-0.39, 0.29) is 5.91 Å². The number of hydrogen-bond acceptors (Lipinski definition) is 3. The quantitative estimate of drug-likeness (QED) is 0.841. The standard InChI is InChI=1S/C21H26N2O2/c1-25-20-12-9-17(10-13-20)11-14-21(24)22-16-19-8-5-15-23(19)18-6-3-2-4-7-18/h2-4,6-7,9-10,12-13,19H,5,8,11,14-16H2,1H3,(H,22,24)/t19-/m1/s1. The Labute approximate surface area is 149 Å². The van der Waals surface area contributed by atoms with Crippen LogP contribution in [0.2, 0.25) is 0 Å². The summed E-state index contributed by atoms with van der Waals surface area (Å²) in [6, 6.07) is 18.7. The SMILES string of the molecule is COc1ccc(CCC(=O)NC[C@H]2CCCN2c2ccccc2)cc1. The molecule has 3 rings (SSSR count). The van der Waals surface area contributed by atoms with Gasteiger partial charge in [-0.2, -0.15) is 0 Å². The first kappa shape index (κ1) is 17.3. The van der Waals surface area contributed by atoms with Crippen molar-refractivity contribution in [3.63, 3.8) is 0 Å². The number of aryl methyl sites for hydroxylation is 1. The normalized spacial score (nSPS) is 16.7. The van der Waals surface area contributed by atoms with Gasteiger partial charge in [0, 0.05) is 31.2 Å². The van der Waals surface area contributed by atoms with Gasteiger partial charge in [0.25, 0.3) is 0 Å². The molecular weight excluding hydrogens is 312 g/mol. The lowest BCUT2D eigenvalue weighted by molar-refractivity contribution is -0.121. The molecule has 1 atom stereocenters. The molecule has 4 nitrogen and oxygen atoms in total. The minimum absolute atomic E-state index is 0.121. The summed E-state index contributed by atoms with van der Waals surface area (Å²) in [6.07, 6.45) is 3.59. The number of benzene rings is 2. The number of methoxy groups -OCH3 is 1. The maximum absolute atomic E-state index is 12.2. The minimum Gasteiger partial charge on any atom is -0.497 e. The van der Waals surface area contributed by atoms with E-state index in [1.165, 1.54) is 12.1 Å². The zero-order valence-corrected chi connectivity index (χ0v) is 14.8. The van der Waals surface area contributed by atoms with Gasteiger partial charge in [-0.15, -0.1) is 0 Å². The second-order valence-corrected chi connectivity index (χ2v) is 6.48. The van der Waals surface area contributed by atoms with Crippen LogP contribution in [0.25, 0.3) is 0 Å². The fourth-order valence-corrected chi connectivity index (χ4v) is 3.38. The lowest BCUT2D eigenvalue weighted by atomic mass is 10.1. The van der Waals surface area contributed by atoms with Crippen LogP contribution in [0.15, 0.2) is 54.6 Å². The largest absolute Gasteiger partial charge is 0.497 e. The Bertz CT molecular complexity index is 670. The van der Waals surface area contributed by atoms with Crippen molar-refractivity contribution in [1.82, 2.24) is 5.32 Å². The molecule has 1 aliphatic rings. The number of nitrogens with one attached hydrogen (secondary N) is 1. The van der Waals surface area contributed by atoms with Crippen molar-refractivity contribution in [1.29, 1.82) is 0 Å². The first-order valence-electron chi connectivity index (χ1n) is 8.97. The fourth-order valence-electron chi connectivity index (χ4n) is 3.38. The summed E-state index contributed by atoms with van der Waals surface area (Å²) in [5.41, 5.74) is 2.40. The molecule has 1 amide bonds. The lowest BCUT2D eigenvalue weighted by Crippen LogP contribution is -2.40. The molecule has 132 valence electrons. The van der Waals surface area contributed by atoms with Crippen molar-refractivity contribution in [2.24, 2.45) is 0 Å². The molecule has 1 heterocycles. The molecule has 25 heavy (non-hydrogen) atoms. The first-order valence-corrected chi connectivity index (χ1v) is 8.97. The molecule has 2 aromatic rings. The van der Waals surface area contributed by atoms with Crippen molar-refractivity contribution < 1.29 is 9.53 Å². The number of rotatable bonds is 7. The lowest BCUT2D eigenvalue weighted by Gasteiger charge is -2.27. The smallest absolute Gasteiger partial charge is 0.220 e. The predicted octanol–water partition coefficient (Wildman–Crippen LogP) is 3.41. The van der Waals surface area contributed by atoms with Gasteiger partial charge >= 0.3 is 0 Å². The minimum atomic E-state index is 0.121. The molecule has 1 aliphatic heterocycles.